The Morgan fingerprint density at radius 2 is 1.97 bits per heavy atom. The molecule has 4 nitrogen and oxygen atoms in total. The first-order valence-corrected chi connectivity index (χ1v) is 11.5. The largest absolute Gasteiger partial charge is 0.341 e. The van der Waals surface area contributed by atoms with Gasteiger partial charge in [-0.1, -0.05) is 57.0 Å². The number of rotatable bonds is 14. The number of unbranched alkanes of at least 4 members (excludes halogenated alkanes) is 2. The summed E-state index contributed by atoms with van der Waals surface area (Å²) in [6.45, 7) is 10.0. The summed E-state index contributed by atoms with van der Waals surface area (Å²) in [5.74, 6) is 0.467. The van der Waals surface area contributed by atoms with Gasteiger partial charge in [0.25, 0.3) is 0 Å². The molecule has 1 atom stereocenters. The number of nitrogens with one attached hydrogen (secondary N) is 2. The summed E-state index contributed by atoms with van der Waals surface area (Å²) in [4.78, 5) is 19.9. The number of H-pyrrole nitrogens is 1. The fourth-order valence-corrected chi connectivity index (χ4v) is 3.96. The van der Waals surface area contributed by atoms with E-state index in [2.05, 4.69) is 43.4 Å². The summed E-state index contributed by atoms with van der Waals surface area (Å²) in [6.07, 6.45) is 12.2. The van der Waals surface area contributed by atoms with Gasteiger partial charge in [0.1, 0.15) is 11.6 Å². The maximum atomic E-state index is 14.3. The fraction of sp³-hybridized carbons (Fsp3) is 0.444. The Labute approximate surface area is 191 Å². The average Bonchev–Trinajstić information content (AvgIpc) is 3.28. The number of halogens is 1. The molecule has 0 spiro atoms. The Bertz CT molecular complexity index is 959. The molecule has 0 radical (unpaired) electrons. The van der Waals surface area contributed by atoms with E-state index in [4.69, 9.17) is 5.41 Å². The lowest BCUT2D eigenvalue weighted by molar-refractivity contribution is -0.113. The number of Topliss-reactive ketones (excluding diaryl/α,β-unsaturated/α-hetero) is 1. The molecule has 0 bridgehead atoms. The van der Waals surface area contributed by atoms with Crippen LogP contribution in [-0.2, 0) is 10.2 Å². The van der Waals surface area contributed by atoms with E-state index in [1.165, 1.54) is 17.7 Å². The number of ketones is 1. The SMILES string of the molecule is C=CC(=N)C(=O)CCCCC[C@](C)(CC/C(C)=C/CC)c1ncc(-c2ccccc2F)[nH]1. The van der Waals surface area contributed by atoms with Crippen LogP contribution in [0.15, 0.2) is 54.8 Å². The summed E-state index contributed by atoms with van der Waals surface area (Å²) in [5, 5.41) is 7.54. The van der Waals surface area contributed by atoms with Gasteiger partial charge in [-0.3, -0.25) is 10.2 Å². The summed E-state index contributed by atoms with van der Waals surface area (Å²) in [7, 11) is 0. The van der Waals surface area contributed by atoms with E-state index < -0.39 is 0 Å². The average molecular weight is 438 g/mol. The quantitative estimate of drug-likeness (QED) is 0.184. The van der Waals surface area contributed by atoms with E-state index in [1.807, 2.05) is 6.07 Å². The van der Waals surface area contributed by atoms with E-state index in [0.29, 0.717) is 17.7 Å². The number of hydrogen-bond donors (Lipinski definition) is 2. The van der Waals surface area contributed by atoms with Crippen molar-refractivity contribution in [3.05, 3.63) is 66.4 Å². The maximum absolute atomic E-state index is 14.3. The zero-order valence-corrected chi connectivity index (χ0v) is 19.6. The molecule has 1 aromatic heterocycles. The first-order valence-electron chi connectivity index (χ1n) is 11.5. The molecule has 0 amide bonds. The van der Waals surface area contributed by atoms with Gasteiger partial charge in [-0.05, 0) is 57.2 Å². The van der Waals surface area contributed by atoms with Crippen LogP contribution in [0.25, 0.3) is 11.3 Å². The second-order valence-corrected chi connectivity index (χ2v) is 8.75. The van der Waals surface area contributed by atoms with Crippen molar-refractivity contribution in [2.24, 2.45) is 0 Å². The molecule has 0 saturated heterocycles. The fourth-order valence-electron chi connectivity index (χ4n) is 3.96. The Balaban J connectivity index is 2.10. The first-order chi connectivity index (χ1) is 15.3. The van der Waals surface area contributed by atoms with Crippen LogP contribution in [0.1, 0.15) is 78.0 Å². The van der Waals surface area contributed by atoms with Gasteiger partial charge in [-0.2, -0.15) is 0 Å². The van der Waals surface area contributed by atoms with Gasteiger partial charge >= 0.3 is 0 Å². The second-order valence-electron chi connectivity index (χ2n) is 8.75. The lowest BCUT2D eigenvalue weighted by Crippen LogP contribution is -2.24. The molecule has 172 valence electrons. The molecule has 0 fully saturated rings. The van der Waals surface area contributed by atoms with E-state index in [0.717, 1.165) is 50.8 Å². The molecule has 32 heavy (non-hydrogen) atoms. The van der Waals surface area contributed by atoms with Gasteiger partial charge < -0.3 is 4.98 Å². The molecule has 2 aromatic rings. The van der Waals surface area contributed by atoms with E-state index in [-0.39, 0.29) is 22.7 Å². The van der Waals surface area contributed by atoms with Gasteiger partial charge in [0.2, 0.25) is 0 Å². The number of hydrogen-bond acceptors (Lipinski definition) is 3. The lowest BCUT2D eigenvalue weighted by Gasteiger charge is -2.28. The van der Waals surface area contributed by atoms with Crippen molar-refractivity contribution in [1.29, 1.82) is 5.41 Å². The molecule has 0 aliphatic rings. The highest BCUT2D eigenvalue weighted by molar-refractivity contribution is 6.42. The number of aromatic amines is 1. The molecule has 5 heteroatoms. The van der Waals surface area contributed by atoms with Gasteiger partial charge in [0.15, 0.2) is 5.78 Å². The first kappa shape index (κ1) is 25.4. The number of nitrogens with zero attached hydrogens (tertiary/aromatic N) is 1. The maximum Gasteiger partial charge on any atom is 0.180 e. The number of aromatic nitrogens is 2. The second kappa shape index (κ2) is 12.3. The summed E-state index contributed by atoms with van der Waals surface area (Å²) < 4.78 is 14.3. The Morgan fingerprint density at radius 1 is 1.22 bits per heavy atom. The van der Waals surface area contributed by atoms with Crippen molar-refractivity contribution < 1.29 is 9.18 Å². The number of carbonyl (C=O) groups is 1. The van der Waals surface area contributed by atoms with Crippen LogP contribution in [0.3, 0.4) is 0 Å². The van der Waals surface area contributed by atoms with Gasteiger partial charge in [0.05, 0.1) is 17.6 Å². The predicted octanol–water partition coefficient (Wildman–Crippen LogP) is 7.34. The van der Waals surface area contributed by atoms with Crippen molar-refractivity contribution >= 4 is 11.5 Å². The van der Waals surface area contributed by atoms with E-state index in [1.54, 1.807) is 18.3 Å². The highest BCUT2D eigenvalue weighted by atomic mass is 19.1. The Hall–Kier alpha value is -2.82. The van der Waals surface area contributed by atoms with E-state index >= 15 is 0 Å². The normalized spacial score (nSPS) is 13.6. The Kier molecular flexibility index (Phi) is 9.76. The summed E-state index contributed by atoms with van der Waals surface area (Å²) in [6, 6.07) is 6.73. The standard InChI is InChI=1S/C27H36FN3O/c1-5-12-20(3)16-18-27(4,17-11-7-8-15-25(32)23(29)6-2)26-30-19-24(31-26)21-13-9-10-14-22(21)28/h6,9-10,12-14,19,29H,2,5,7-8,11,15-18H2,1,3-4H3,(H,30,31)/b20-12+,29-23?/t27-/m1/s1. The third-order valence-electron chi connectivity index (χ3n) is 6.07. The third-order valence-corrected chi connectivity index (χ3v) is 6.07. The zero-order valence-electron chi connectivity index (χ0n) is 19.6. The van der Waals surface area contributed by atoms with Crippen LogP contribution < -0.4 is 0 Å². The van der Waals surface area contributed by atoms with Crippen LogP contribution in [0.2, 0.25) is 0 Å². The van der Waals surface area contributed by atoms with Crippen LogP contribution in [0, 0.1) is 11.2 Å². The molecule has 0 aliphatic carbocycles. The molecule has 0 unspecified atom stereocenters. The minimum atomic E-state index is -0.263. The van der Waals surface area contributed by atoms with Crippen LogP contribution in [0.5, 0.6) is 0 Å². The topological polar surface area (TPSA) is 69.6 Å². The molecular weight excluding hydrogens is 401 g/mol. The molecular formula is C27H36FN3O. The number of imidazole rings is 1. The molecule has 0 aliphatic heterocycles. The monoisotopic (exact) mass is 437 g/mol. The van der Waals surface area contributed by atoms with E-state index in [9.17, 15) is 9.18 Å². The highest BCUT2D eigenvalue weighted by Crippen LogP contribution is 2.35. The zero-order chi connectivity index (χ0) is 23.6. The van der Waals surface area contributed by atoms with Crippen LogP contribution in [0.4, 0.5) is 4.39 Å². The van der Waals surface area contributed by atoms with Crippen LogP contribution in [-0.4, -0.2) is 21.5 Å². The number of carbonyl (C=O) groups excluding carboxylic acids is 1. The highest BCUT2D eigenvalue weighted by Gasteiger charge is 2.29. The third kappa shape index (κ3) is 7.11. The smallest absolute Gasteiger partial charge is 0.180 e. The molecule has 1 aromatic carbocycles. The summed E-state index contributed by atoms with van der Waals surface area (Å²) >= 11 is 0. The van der Waals surface area contributed by atoms with Gasteiger partial charge in [-0.25, -0.2) is 9.37 Å². The van der Waals surface area contributed by atoms with Gasteiger partial charge in [-0.15, -0.1) is 0 Å². The molecule has 2 N–H and O–H groups in total. The van der Waals surface area contributed by atoms with Crippen molar-refractivity contribution in [3.8, 4) is 11.3 Å². The minimum absolute atomic E-state index is 0.00992. The van der Waals surface area contributed by atoms with Crippen molar-refractivity contribution in [2.75, 3.05) is 0 Å². The number of benzene rings is 1. The molecule has 1 heterocycles. The summed E-state index contributed by atoms with van der Waals surface area (Å²) in [5.41, 5.74) is 2.40. The lowest BCUT2D eigenvalue weighted by atomic mass is 9.78. The molecule has 0 saturated carbocycles. The van der Waals surface area contributed by atoms with Crippen molar-refractivity contribution in [1.82, 2.24) is 9.97 Å². The Morgan fingerprint density at radius 3 is 2.66 bits per heavy atom. The predicted molar refractivity (Wildman–Crippen MR) is 131 cm³/mol. The van der Waals surface area contributed by atoms with Crippen LogP contribution >= 0.6 is 0 Å². The molecule has 2 rings (SSSR count). The van der Waals surface area contributed by atoms with Crippen molar-refractivity contribution in [2.45, 2.75) is 77.6 Å². The van der Waals surface area contributed by atoms with Crippen molar-refractivity contribution in [3.63, 3.8) is 0 Å². The van der Waals surface area contributed by atoms with Gasteiger partial charge in [0, 0.05) is 17.4 Å². The number of allylic oxidation sites excluding steroid dienone is 3. The minimum Gasteiger partial charge on any atom is -0.341 e.